The van der Waals surface area contributed by atoms with Crippen molar-refractivity contribution in [3.8, 4) is 0 Å². The van der Waals surface area contributed by atoms with E-state index in [2.05, 4.69) is 0 Å². The Labute approximate surface area is 102 Å². The van der Waals surface area contributed by atoms with Gasteiger partial charge in [0.15, 0.2) is 0 Å². The number of carboxylic acid groups (broad SMARTS) is 1. The molecule has 3 N–H and O–H groups in total. The Morgan fingerprint density at radius 1 is 1.47 bits per heavy atom. The Bertz CT molecular complexity index is 369. The Kier molecular flexibility index (Phi) is 4.91. The first kappa shape index (κ1) is 14.4. The first-order valence-electron chi connectivity index (χ1n) is 5.81. The third kappa shape index (κ3) is 3.65. The molecule has 0 aromatic rings. The number of piperidine rings is 1. The molecule has 0 aromatic carbocycles. The summed E-state index contributed by atoms with van der Waals surface area (Å²) in [6, 6.07) is -0.270. The lowest BCUT2D eigenvalue weighted by atomic mass is 10.00. The molecule has 6 nitrogen and oxygen atoms in total. The smallest absolute Gasteiger partial charge is 0.304 e. The average Bonchev–Trinajstić information content (AvgIpc) is 2.25. The van der Waals surface area contributed by atoms with Gasteiger partial charge in [-0.25, -0.2) is 8.42 Å². The first-order valence-corrected chi connectivity index (χ1v) is 7.42. The van der Waals surface area contributed by atoms with Crippen molar-refractivity contribution in [3.05, 3.63) is 0 Å². The lowest BCUT2D eigenvalue weighted by molar-refractivity contribution is -0.136. The van der Waals surface area contributed by atoms with Gasteiger partial charge in [0.2, 0.25) is 10.0 Å². The van der Waals surface area contributed by atoms with E-state index in [0.29, 0.717) is 0 Å². The quantitative estimate of drug-likeness (QED) is 0.727. The molecular formula is C10H20N2O4S. The first-order chi connectivity index (χ1) is 7.88. The zero-order valence-electron chi connectivity index (χ0n) is 10.0. The highest BCUT2D eigenvalue weighted by Gasteiger charge is 2.36. The van der Waals surface area contributed by atoms with Crippen LogP contribution in [0.2, 0.25) is 0 Å². The van der Waals surface area contributed by atoms with E-state index in [1.807, 2.05) is 6.92 Å². The predicted octanol–water partition coefficient (Wildman–Crippen LogP) is -0.00740. The molecule has 1 aliphatic heterocycles. The van der Waals surface area contributed by atoms with E-state index in [0.717, 1.165) is 19.3 Å². The van der Waals surface area contributed by atoms with E-state index in [-0.39, 0.29) is 30.8 Å². The second kappa shape index (κ2) is 5.79. The number of aliphatic carboxylic acids is 1. The van der Waals surface area contributed by atoms with E-state index in [1.165, 1.54) is 4.31 Å². The molecule has 0 spiro atoms. The topological polar surface area (TPSA) is 101 Å². The van der Waals surface area contributed by atoms with Gasteiger partial charge in [-0.3, -0.25) is 4.79 Å². The molecule has 17 heavy (non-hydrogen) atoms. The molecule has 0 bridgehead atoms. The monoisotopic (exact) mass is 264 g/mol. The molecule has 0 saturated carbocycles. The van der Waals surface area contributed by atoms with Crippen molar-refractivity contribution in [1.82, 2.24) is 4.31 Å². The van der Waals surface area contributed by atoms with Crippen LogP contribution in [0.15, 0.2) is 0 Å². The largest absolute Gasteiger partial charge is 0.481 e. The molecule has 0 aliphatic carbocycles. The Hall–Kier alpha value is -0.660. The second-order valence-electron chi connectivity index (χ2n) is 4.46. The van der Waals surface area contributed by atoms with Crippen LogP contribution < -0.4 is 5.73 Å². The van der Waals surface area contributed by atoms with Crippen LogP contribution in [0.4, 0.5) is 0 Å². The molecule has 1 aliphatic rings. The second-order valence-corrected chi connectivity index (χ2v) is 6.45. The SMILES string of the molecule is CC1CCCC(CN)N1S(=O)(=O)CCC(=O)O. The minimum absolute atomic E-state index is 0.0869. The van der Waals surface area contributed by atoms with Gasteiger partial charge in [-0.2, -0.15) is 4.31 Å². The summed E-state index contributed by atoms with van der Waals surface area (Å²) >= 11 is 0. The normalized spacial score (nSPS) is 26.9. The number of nitrogens with two attached hydrogens (primary N) is 1. The molecule has 0 amide bonds. The molecule has 7 heteroatoms. The Morgan fingerprint density at radius 3 is 2.65 bits per heavy atom. The van der Waals surface area contributed by atoms with E-state index >= 15 is 0 Å². The molecule has 1 saturated heterocycles. The summed E-state index contributed by atoms with van der Waals surface area (Å²) in [4.78, 5) is 10.5. The third-order valence-electron chi connectivity index (χ3n) is 3.12. The van der Waals surface area contributed by atoms with Crippen LogP contribution in [0, 0.1) is 0 Å². The van der Waals surface area contributed by atoms with Crippen molar-refractivity contribution in [1.29, 1.82) is 0 Å². The minimum atomic E-state index is -3.52. The standard InChI is InChI=1S/C10H20N2O4S/c1-8-3-2-4-9(7-11)12(8)17(15,16)6-5-10(13)14/h8-9H,2-7,11H2,1H3,(H,13,14). The molecule has 1 rings (SSSR count). The van der Waals surface area contributed by atoms with Crippen molar-refractivity contribution in [3.63, 3.8) is 0 Å². The maximum absolute atomic E-state index is 12.1. The molecule has 0 aromatic heterocycles. The predicted molar refractivity (Wildman–Crippen MR) is 64.0 cm³/mol. The summed E-state index contributed by atoms with van der Waals surface area (Å²) in [6.45, 7) is 2.14. The van der Waals surface area contributed by atoms with Crippen LogP contribution >= 0.6 is 0 Å². The van der Waals surface area contributed by atoms with Gasteiger partial charge in [0, 0.05) is 18.6 Å². The van der Waals surface area contributed by atoms with Gasteiger partial charge in [0.1, 0.15) is 0 Å². The third-order valence-corrected chi connectivity index (χ3v) is 5.14. The zero-order chi connectivity index (χ0) is 13.1. The molecule has 1 heterocycles. The number of rotatable bonds is 5. The van der Waals surface area contributed by atoms with Gasteiger partial charge in [-0.05, 0) is 19.8 Å². The van der Waals surface area contributed by atoms with Crippen LogP contribution in [-0.2, 0) is 14.8 Å². The van der Waals surface area contributed by atoms with Crippen LogP contribution in [0.1, 0.15) is 32.6 Å². The fourth-order valence-corrected chi connectivity index (χ4v) is 4.25. The molecular weight excluding hydrogens is 244 g/mol. The maximum atomic E-state index is 12.1. The van der Waals surface area contributed by atoms with Gasteiger partial charge in [-0.15, -0.1) is 0 Å². The Balaban J connectivity index is 2.81. The van der Waals surface area contributed by atoms with Crippen molar-refractivity contribution in [2.45, 2.75) is 44.7 Å². The summed E-state index contributed by atoms with van der Waals surface area (Å²) in [5.74, 6) is -1.44. The summed E-state index contributed by atoms with van der Waals surface area (Å²) in [5.41, 5.74) is 5.59. The summed E-state index contributed by atoms with van der Waals surface area (Å²) in [6.07, 6.45) is 2.17. The molecule has 2 atom stereocenters. The van der Waals surface area contributed by atoms with E-state index < -0.39 is 16.0 Å². The number of carboxylic acids is 1. The number of carbonyl (C=O) groups is 1. The van der Waals surface area contributed by atoms with Crippen molar-refractivity contribution >= 4 is 16.0 Å². The van der Waals surface area contributed by atoms with Gasteiger partial charge >= 0.3 is 5.97 Å². The molecule has 1 fully saturated rings. The lowest BCUT2D eigenvalue weighted by Crippen LogP contribution is -2.52. The maximum Gasteiger partial charge on any atom is 0.304 e. The zero-order valence-corrected chi connectivity index (χ0v) is 10.8. The van der Waals surface area contributed by atoms with Crippen LogP contribution in [0.25, 0.3) is 0 Å². The van der Waals surface area contributed by atoms with Crippen LogP contribution in [0.3, 0.4) is 0 Å². The van der Waals surface area contributed by atoms with Crippen molar-refractivity contribution in [2.24, 2.45) is 5.73 Å². The highest BCUT2D eigenvalue weighted by Crippen LogP contribution is 2.25. The fourth-order valence-electron chi connectivity index (χ4n) is 2.31. The van der Waals surface area contributed by atoms with Gasteiger partial charge < -0.3 is 10.8 Å². The summed E-state index contributed by atoms with van der Waals surface area (Å²) in [7, 11) is -3.52. The molecule has 100 valence electrons. The van der Waals surface area contributed by atoms with Crippen molar-refractivity contribution in [2.75, 3.05) is 12.3 Å². The van der Waals surface area contributed by atoms with Crippen molar-refractivity contribution < 1.29 is 18.3 Å². The van der Waals surface area contributed by atoms with Crippen LogP contribution in [0.5, 0.6) is 0 Å². The average molecular weight is 264 g/mol. The number of sulfonamides is 1. The molecule has 2 unspecified atom stereocenters. The number of hydrogen-bond acceptors (Lipinski definition) is 4. The van der Waals surface area contributed by atoms with E-state index in [4.69, 9.17) is 10.8 Å². The highest BCUT2D eigenvalue weighted by molar-refractivity contribution is 7.89. The Morgan fingerprint density at radius 2 is 2.12 bits per heavy atom. The molecule has 0 radical (unpaired) electrons. The van der Waals surface area contributed by atoms with E-state index in [1.54, 1.807) is 0 Å². The van der Waals surface area contributed by atoms with Gasteiger partial charge in [0.05, 0.1) is 12.2 Å². The fraction of sp³-hybridized carbons (Fsp3) is 0.900. The number of hydrogen-bond donors (Lipinski definition) is 2. The van der Waals surface area contributed by atoms with Crippen LogP contribution in [-0.4, -0.2) is 48.2 Å². The number of nitrogens with zero attached hydrogens (tertiary/aromatic N) is 1. The highest BCUT2D eigenvalue weighted by atomic mass is 32.2. The summed E-state index contributed by atoms with van der Waals surface area (Å²) < 4.78 is 25.6. The van der Waals surface area contributed by atoms with Gasteiger partial charge in [0.25, 0.3) is 0 Å². The summed E-state index contributed by atoms with van der Waals surface area (Å²) in [5, 5.41) is 8.56. The van der Waals surface area contributed by atoms with Gasteiger partial charge in [-0.1, -0.05) is 6.42 Å². The van der Waals surface area contributed by atoms with E-state index in [9.17, 15) is 13.2 Å². The minimum Gasteiger partial charge on any atom is -0.481 e. The lowest BCUT2D eigenvalue weighted by Gasteiger charge is -2.38.